The van der Waals surface area contributed by atoms with Gasteiger partial charge in [-0.2, -0.15) is 0 Å². The highest BCUT2D eigenvalue weighted by atomic mass is 19.2. The van der Waals surface area contributed by atoms with Crippen LogP contribution in [0, 0.1) is 17.5 Å². The summed E-state index contributed by atoms with van der Waals surface area (Å²) in [4.78, 5) is 26.9. The van der Waals surface area contributed by atoms with E-state index < -0.39 is 29.0 Å². The Morgan fingerprint density at radius 2 is 1.55 bits per heavy atom. The predicted molar refractivity (Wildman–Crippen MR) is 101 cm³/mol. The third-order valence-corrected chi connectivity index (χ3v) is 4.39. The van der Waals surface area contributed by atoms with Gasteiger partial charge in [0.05, 0.1) is 5.56 Å². The maximum absolute atomic E-state index is 13.7. The number of nitrogens with one attached hydrogen (secondary N) is 1. The summed E-state index contributed by atoms with van der Waals surface area (Å²) in [5, 5.41) is 0.504. The van der Waals surface area contributed by atoms with Crippen LogP contribution in [0.25, 0.3) is 21.9 Å². The van der Waals surface area contributed by atoms with E-state index in [0.717, 1.165) is 12.1 Å². The van der Waals surface area contributed by atoms with Gasteiger partial charge in [-0.15, -0.1) is 0 Å². The Kier molecular flexibility index (Phi) is 4.64. The van der Waals surface area contributed by atoms with Crippen molar-refractivity contribution in [3.8, 4) is 16.9 Å². The summed E-state index contributed by atoms with van der Waals surface area (Å²) in [5.41, 5.74) is 0.165. The van der Waals surface area contributed by atoms with E-state index in [0.29, 0.717) is 5.56 Å². The van der Waals surface area contributed by atoms with Gasteiger partial charge in [0.15, 0.2) is 17.5 Å². The van der Waals surface area contributed by atoms with Crippen molar-refractivity contribution in [1.29, 1.82) is 0 Å². The van der Waals surface area contributed by atoms with Gasteiger partial charge in [-0.25, -0.2) is 18.0 Å². The van der Waals surface area contributed by atoms with Crippen molar-refractivity contribution < 1.29 is 22.7 Å². The summed E-state index contributed by atoms with van der Waals surface area (Å²) in [6, 6.07) is 14.2. The SMILES string of the molecule is O=C(Oc1ccc2c(=O)[nH]cc(-c3cc(F)c(F)c(F)c3)c2c1)c1ccccc1. The Balaban J connectivity index is 1.82. The number of carbonyl (C=O) groups is 1. The molecule has 4 aromatic rings. The molecular formula is C22H12F3NO3. The molecule has 0 spiro atoms. The first-order valence-corrected chi connectivity index (χ1v) is 8.51. The van der Waals surface area contributed by atoms with Crippen LogP contribution >= 0.6 is 0 Å². The Hall–Kier alpha value is -3.87. The second-order valence-electron chi connectivity index (χ2n) is 6.25. The number of aromatic amines is 1. The summed E-state index contributed by atoms with van der Waals surface area (Å²) in [5.74, 6) is -4.76. The zero-order chi connectivity index (χ0) is 20.5. The first kappa shape index (κ1) is 18.5. The van der Waals surface area contributed by atoms with E-state index in [1.165, 1.54) is 24.4 Å². The number of rotatable bonds is 3. The van der Waals surface area contributed by atoms with Gasteiger partial charge < -0.3 is 9.72 Å². The molecule has 3 aromatic carbocycles. The highest BCUT2D eigenvalue weighted by Gasteiger charge is 2.16. The van der Waals surface area contributed by atoms with Gasteiger partial charge in [0.2, 0.25) is 0 Å². The lowest BCUT2D eigenvalue weighted by Crippen LogP contribution is -2.09. The number of hydrogen-bond acceptors (Lipinski definition) is 3. The third-order valence-electron chi connectivity index (χ3n) is 4.39. The van der Waals surface area contributed by atoms with Crippen LogP contribution in [0.3, 0.4) is 0 Å². The summed E-state index contributed by atoms with van der Waals surface area (Å²) in [7, 11) is 0. The maximum Gasteiger partial charge on any atom is 0.343 e. The zero-order valence-electron chi connectivity index (χ0n) is 14.7. The summed E-state index contributed by atoms with van der Waals surface area (Å²) >= 11 is 0. The molecule has 0 atom stereocenters. The number of hydrogen-bond donors (Lipinski definition) is 1. The number of fused-ring (bicyclic) bond motifs is 1. The third kappa shape index (κ3) is 3.50. The Morgan fingerprint density at radius 3 is 2.24 bits per heavy atom. The van der Waals surface area contributed by atoms with Crippen LogP contribution < -0.4 is 10.3 Å². The minimum Gasteiger partial charge on any atom is -0.423 e. The lowest BCUT2D eigenvalue weighted by atomic mass is 10.00. The molecule has 0 aliphatic carbocycles. The quantitative estimate of drug-likeness (QED) is 0.307. The molecule has 1 heterocycles. The average Bonchev–Trinajstić information content (AvgIpc) is 2.72. The van der Waals surface area contributed by atoms with Crippen LogP contribution in [0.1, 0.15) is 10.4 Å². The van der Waals surface area contributed by atoms with Gasteiger partial charge >= 0.3 is 5.97 Å². The Bertz CT molecular complexity index is 1280. The number of H-pyrrole nitrogens is 1. The molecule has 144 valence electrons. The molecule has 0 unspecified atom stereocenters. The second kappa shape index (κ2) is 7.27. The second-order valence-corrected chi connectivity index (χ2v) is 6.25. The molecule has 4 nitrogen and oxygen atoms in total. The Morgan fingerprint density at radius 1 is 0.862 bits per heavy atom. The van der Waals surface area contributed by atoms with Crippen LogP contribution in [0.5, 0.6) is 5.75 Å². The van der Waals surface area contributed by atoms with Crippen LogP contribution in [-0.2, 0) is 0 Å². The normalized spacial score (nSPS) is 10.9. The molecule has 0 amide bonds. The van der Waals surface area contributed by atoms with E-state index in [2.05, 4.69) is 4.98 Å². The van der Waals surface area contributed by atoms with Crippen LogP contribution in [0.4, 0.5) is 13.2 Å². The number of ether oxygens (including phenoxy) is 1. The summed E-state index contributed by atoms with van der Waals surface area (Å²) in [6.07, 6.45) is 1.26. The van der Waals surface area contributed by atoms with Gasteiger partial charge in [-0.3, -0.25) is 4.79 Å². The number of benzene rings is 3. The van der Waals surface area contributed by atoms with Crippen molar-refractivity contribution >= 4 is 16.7 Å². The molecule has 0 saturated heterocycles. The fourth-order valence-electron chi connectivity index (χ4n) is 2.99. The van der Waals surface area contributed by atoms with E-state index >= 15 is 0 Å². The van der Waals surface area contributed by atoms with Crippen molar-refractivity contribution in [2.45, 2.75) is 0 Å². The molecule has 7 heteroatoms. The van der Waals surface area contributed by atoms with Crippen molar-refractivity contribution in [3.05, 3.63) is 100 Å². The van der Waals surface area contributed by atoms with Crippen LogP contribution in [0.15, 0.2) is 71.7 Å². The molecule has 29 heavy (non-hydrogen) atoms. The van der Waals surface area contributed by atoms with Crippen LogP contribution in [0.2, 0.25) is 0 Å². The molecule has 4 rings (SSSR count). The first-order valence-electron chi connectivity index (χ1n) is 8.51. The number of aromatic nitrogens is 1. The molecule has 0 radical (unpaired) electrons. The highest BCUT2D eigenvalue weighted by Crippen LogP contribution is 2.31. The first-order chi connectivity index (χ1) is 13.9. The molecule has 0 bridgehead atoms. The summed E-state index contributed by atoms with van der Waals surface area (Å²) < 4.78 is 46.0. The fraction of sp³-hybridized carbons (Fsp3) is 0. The van der Waals surface area contributed by atoms with Crippen molar-refractivity contribution in [2.24, 2.45) is 0 Å². The van der Waals surface area contributed by atoms with E-state index in [-0.39, 0.29) is 27.6 Å². The molecule has 0 aliphatic heterocycles. The number of pyridine rings is 1. The molecule has 0 saturated carbocycles. The smallest absolute Gasteiger partial charge is 0.343 e. The standard InChI is InChI=1S/C22H12F3NO3/c23-18-8-13(9-19(24)20(18)25)17-11-26-21(27)15-7-6-14(10-16(15)17)29-22(28)12-4-2-1-3-5-12/h1-11H,(H,26,27). The van der Waals surface area contributed by atoms with Gasteiger partial charge in [-0.1, -0.05) is 18.2 Å². The van der Waals surface area contributed by atoms with E-state index in [1.807, 2.05) is 0 Å². The highest BCUT2D eigenvalue weighted by molar-refractivity contribution is 5.97. The lowest BCUT2D eigenvalue weighted by Gasteiger charge is -2.10. The number of halogens is 3. The molecule has 0 fully saturated rings. The van der Waals surface area contributed by atoms with Gasteiger partial charge in [0, 0.05) is 22.5 Å². The van der Waals surface area contributed by atoms with Gasteiger partial charge in [-0.05, 0) is 48.0 Å². The Labute approximate surface area is 162 Å². The minimum atomic E-state index is -1.58. The topological polar surface area (TPSA) is 59.2 Å². The molecule has 1 aromatic heterocycles. The average molecular weight is 395 g/mol. The molecule has 1 N–H and O–H groups in total. The maximum atomic E-state index is 13.7. The van der Waals surface area contributed by atoms with E-state index in [9.17, 15) is 22.8 Å². The monoisotopic (exact) mass is 395 g/mol. The molecular weight excluding hydrogens is 383 g/mol. The van der Waals surface area contributed by atoms with Gasteiger partial charge in [0.25, 0.3) is 5.56 Å². The minimum absolute atomic E-state index is 0.0224. The zero-order valence-corrected chi connectivity index (χ0v) is 14.7. The molecule has 0 aliphatic rings. The number of esters is 1. The fourth-order valence-corrected chi connectivity index (χ4v) is 2.99. The van der Waals surface area contributed by atoms with Gasteiger partial charge in [0.1, 0.15) is 5.75 Å². The van der Waals surface area contributed by atoms with E-state index in [1.54, 1.807) is 30.3 Å². The van der Waals surface area contributed by atoms with E-state index in [4.69, 9.17) is 4.74 Å². The van der Waals surface area contributed by atoms with Crippen molar-refractivity contribution in [1.82, 2.24) is 4.98 Å². The van der Waals surface area contributed by atoms with Crippen LogP contribution in [-0.4, -0.2) is 11.0 Å². The lowest BCUT2D eigenvalue weighted by molar-refractivity contribution is 0.0735. The van der Waals surface area contributed by atoms with Crippen molar-refractivity contribution in [2.75, 3.05) is 0 Å². The number of carbonyl (C=O) groups excluding carboxylic acids is 1. The largest absolute Gasteiger partial charge is 0.423 e. The predicted octanol–water partition coefficient (Wildman–Crippen LogP) is 4.83. The van der Waals surface area contributed by atoms with Crippen molar-refractivity contribution in [3.63, 3.8) is 0 Å². The summed E-state index contributed by atoms with van der Waals surface area (Å²) in [6.45, 7) is 0.